The van der Waals surface area contributed by atoms with Crippen LogP contribution in [0.5, 0.6) is 0 Å². The maximum Gasteiger partial charge on any atom is 0.0587 e. The van der Waals surface area contributed by atoms with Crippen LogP contribution in [0.4, 0.5) is 0 Å². The van der Waals surface area contributed by atoms with E-state index in [1.54, 1.807) is 7.11 Å². The van der Waals surface area contributed by atoms with Crippen LogP contribution in [0.3, 0.4) is 0 Å². The summed E-state index contributed by atoms with van der Waals surface area (Å²) in [5, 5.41) is 3.51. The van der Waals surface area contributed by atoms with E-state index in [0.717, 1.165) is 26.1 Å². The van der Waals surface area contributed by atoms with E-state index in [0.29, 0.717) is 5.41 Å². The number of nitrogens with one attached hydrogen (secondary N) is 1. The highest BCUT2D eigenvalue weighted by Gasteiger charge is 2.41. The first kappa shape index (κ1) is 13.6. The molecule has 0 radical (unpaired) electrons. The average molecular weight is 247 g/mol. The van der Waals surface area contributed by atoms with Crippen molar-refractivity contribution in [3.8, 4) is 0 Å². The minimum atomic E-state index is 0.529. The first-order valence-corrected chi connectivity index (χ1v) is 7.05. The largest absolute Gasteiger partial charge is 0.383 e. The molecule has 1 N–H and O–H groups in total. The molecule has 0 amide bonds. The van der Waals surface area contributed by atoms with Crippen LogP contribution in [-0.4, -0.2) is 26.8 Å². The van der Waals surface area contributed by atoms with Gasteiger partial charge >= 0.3 is 0 Å². The Hall–Kier alpha value is -0.860. The number of rotatable bonds is 8. The van der Waals surface area contributed by atoms with Crippen LogP contribution in [0.1, 0.15) is 30.9 Å². The summed E-state index contributed by atoms with van der Waals surface area (Å²) in [6.07, 6.45) is 5.08. The fraction of sp³-hybridized carbons (Fsp3) is 0.625. The highest BCUT2D eigenvalue weighted by atomic mass is 16.5. The van der Waals surface area contributed by atoms with Crippen molar-refractivity contribution in [3.63, 3.8) is 0 Å². The molecule has 0 bridgehead atoms. The van der Waals surface area contributed by atoms with Gasteiger partial charge in [0.2, 0.25) is 0 Å². The zero-order chi connectivity index (χ0) is 12.8. The Kier molecular flexibility index (Phi) is 4.79. The second-order valence-corrected chi connectivity index (χ2v) is 5.52. The van der Waals surface area contributed by atoms with Gasteiger partial charge in [0.15, 0.2) is 0 Å². The minimum Gasteiger partial charge on any atom is -0.383 e. The van der Waals surface area contributed by atoms with E-state index < -0.39 is 0 Å². The molecule has 0 saturated heterocycles. The number of benzene rings is 1. The lowest BCUT2D eigenvalue weighted by atomic mass is 9.95. The Bertz CT molecular complexity index is 354. The van der Waals surface area contributed by atoms with Gasteiger partial charge in [0.1, 0.15) is 0 Å². The van der Waals surface area contributed by atoms with E-state index in [1.807, 2.05) is 0 Å². The normalized spacial score (nSPS) is 16.8. The van der Waals surface area contributed by atoms with Gasteiger partial charge in [-0.25, -0.2) is 0 Å². The van der Waals surface area contributed by atoms with Crippen LogP contribution in [0.15, 0.2) is 24.3 Å². The van der Waals surface area contributed by atoms with E-state index in [1.165, 1.54) is 30.4 Å². The predicted molar refractivity (Wildman–Crippen MR) is 75.9 cm³/mol. The molecule has 0 heterocycles. The van der Waals surface area contributed by atoms with Gasteiger partial charge in [-0.2, -0.15) is 0 Å². The predicted octanol–water partition coefficient (Wildman–Crippen LogP) is 2.81. The number of ether oxygens (including phenoxy) is 1. The number of methoxy groups -OCH3 is 1. The summed E-state index contributed by atoms with van der Waals surface area (Å²) in [5.74, 6) is 0. The van der Waals surface area contributed by atoms with Crippen molar-refractivity contribution >= 4 is 0 Å². The van der Waals surface area contributed by atoms with Gasteiger partial charge in [-0.05, 0) is 42.2 Å². The Morgan fingerprint density at radius 3 is 2.39 bits per heavy atom. The number of aryl methyl sites for hydroxylation is 1. The third kappa shape index (κ3) is 3.82. The van der Waals surface area contributed by atoms with E-state index in [4.69, 9.17) is 4.74 Å². The monoisotopic (exact) mass is 247 g/mol. The van der Waals surface area contributed by atoms with Gasteiger partial charge in [0.25, 0.3) is 0 Å². The quantitative estimate of drug-likeness (QED) is 0.713. The smallest absolute Gasteiger partial charge is 0.0587 e. The van der Waals surface area contributed by atoms with Gasteiger partial charge in [-0.3, -0.25) is 0 Å². The third-order valence-corrected chi connectivity index (χ3v) is 3.95. The van der Waals surface area contributed by atoms with Gasteiger partial charge in [-0.1, -0.05) is 31.2 Å². The second-order valence-electron chi connectivity index (χ2n) is 5.52. The summed E-state index contributed by atoms with van der Waals surface area (Å²) >= 11 is 0. The second kappa shape index (κ2) is 6.35. The Morgan fingerprint density at radius 1 is 1.17 bits per heavy atom. The SMILES string of the molecule is CCc1ccc(CC2(CNCCOC)CC2)cc1. The van der Waals surface area contributed by atoms with Crippen molar-refractivity contribution < 1.29 is 4.74 Å². The van der Waals surface area contributed by atoms with Crippen LogP contribution < -0.4 is 5.32 Å². The Balaban J connectivity index is 1.80. The molecule has 0 aliphatic heterocycles. The molecule has 1 saturated carbocycles. The highest BCUT2D eigenvalue weighted by Crippen LogP contribution is 2.47. The Morgan fingerprint density at radius 2 is 1.83 bits per heavy atom. The van der Waals surface area contributed by atoms with Crippen LogP contribution in [-0.2, 0) is 17.6 Å². The van der Waals surface area contributed by atoms with Crippen molar-refractivity contribution in [1.29, 1.82) is 0 Å². The molecule has 1 fully saturated rings. The van der Waals surface area contributed by atoms with Crippen molar-refractivity contribution in [1.82, 2.24) is 5.32 Å². The van der Waals surface area contributed by atoms with Crippen LogP contribution >= 0.6 is 0 Å². The Labute approximate surface area is 111 Å². The highest BCUT2D eigenvalue weighted by molar-refractivity contribution is 5.24. The van der Waals surface area contributed by atoms with Crippen LogP contribution in [0.25, 0.3) is 0 Å². The summed E-state index contributed by atoms with van der Waals surface area (Å²) in [7, 11) is 1.75. The summed E-state index contributed by atoms with van der Waals surface area (Å²) in [6, 6.07) is 9.13. The van der Waals surface area contributed by atoms with Gasteiger partial charge in [-0.15, -0.1) is 0 Å². The molecule has 2 heteroatoms. The molecule has 0 spiro atoms. The van der Waals surface area contributed by atoms with E-state index in [9.17, 15) is 0 Å². The van der Waals surface area contributed by atoms with E-state index >= 15 is 0 Å². The van der Waals surface area contributed by atoms with Crippen molar-refractivity contribution in [2.45, 2.75) is 32.6 Å². The fourth-order valence-electron chi connectivity index (χ4n) is 2.45. The van der Waals surface area contributed by atoms with Crippen molar-refractivity contribution in [2.24, 2.45) is 5.41 Å². The topological polar surface area (TPSA) is 21.3 Å². The summed E-state index contributed by atoms with van der Waals surface area (Å²) in [5.41, 5.74) is 3.45. The molecule has 1 aliphatic rings. The molecule has 100 valence electrons. The molecular weight excluding hydrogens is 222 g/mol. The van der Waals surface area contributed by atoms with E-state index in [-0.39, 0.29) is 0 Å². The van der Waals surface area contributed by atoms with E-state index in [2.05, 4.69) is 36.5 Å². The molecule has 2 nitrogen and oxygen atoms in total. The molecule has 18 heavy (non-hydrogen) atoms. The number of hydrogen-bond donors (Lipinski definition) is 1. The maximum absolute atomic E-state index is 5.06. The van der Waals surface area contributed by atoms with Gasteiger partial charge < -0.3 is 10.1 Å². The standard InChI is InChI=1S/C16H25NO/c1-3-14-4-6-15(7-5-14)12-16(8-9-16)13-17-10-11-18-2/h4-7,17H,3,8-13H2,1-2H3. The van der Waals surface area contributed by atoms with Gasteiger partial charge in [0, 0.05) is 20.2 Å². The van der Waals surface area contributed by atoms with Crippen molar-refractivity contribution in [3.05, 3.63) is 35.4 Å². The molecule has 2 rings (SSSR count). The lowest BCUT2D eigenvalue weighted by molar-refractivity contribution is 0.197. The zero-order valence-corrected chi connectivity index (χ0v) is 11.7. The average Bonchev–Trinajstić information content (AvgIpc) is 3.16. The molecule has 1 aromatic carbocycles. The van der Waals surface area contributed by atoms with Crippen LogP contribution in [0, 0.1) is 5.41 Å². The first-order chi connectivity index (χ1) is 8.78. The van der Waals surface area contributed by atoms with Crippen LogP contribution in [0.2, 0.25) is 0 Å². The zero-order valence-electron chi connectivity index (χ0n) is 11.7. The first-order valence-electron chi connectivity index (χ1n) is 7.05. The lowest BCUT2D eigenvalue weighted by Gasteiger charge is -2.16. The lowest BCUT2D eigenvalue weighted by Crippen LogP contribution is -2.28. The summed E-state index contributed by atoms with van der Waals surface area (Å²) in [6.45, 7) is 5.11. The molecule has 1 aliphatic carbocycles. The molecule has 0 atom stereocenters. The molecular formula is C16H25NO. The molecule has 0 aromatic heterocycles. The van der Waals surface area contributed by atoms with Gasteiger partial charge in [0.05, 0.1) is 6.61 Å². The number of hydrogen-bond acceptors (Lipinski definition) is 2. The third-order valence-electron chi connectivity index (χ3n) is 3.95. The summed E-state index contributed by atoms with van der Waals surface area (Å²) < 4.78 is 5.06. The molecule has 0 unspecified atom stereocenters. The maximum atomic E-state index is 5.06. The molecule has 1 aromatic rings. The summed E-state index contributed by atoms with van der Waals surface area (Å²) in [4.78, 5) is 0. The fourth-order valence-corrected chi connectivity index (χ4v) is 2.45. The van der Waals surface area contributed by atoms with Crippen molar-refractivity contribution in [2.75, 3.05) is 26.8 Å². The minimum absolute atomic E-state index is 0.529.